The van der Waals surface area contributed by atoms with Crippen LogP contribution in [0.2, 0.25) is 0 Å². The van der Waals surface area contributed by atoms with Gasteiger partial charge < -0.3 is 5.32 Å². The molecular weight excluding hydrogens is 284 g/mol. The van der Waals surface area contributed by atoms with E-state index in [1.807, 2.05) is 36.7 Å². The van der Waals surface area contributed by atoms with Crippen molar-refractivity contribution in [1.29, 1.82) is 0 Å². The van der Waals surface area contributed by atoms with Gasteiger partial charge in [-0.2, -0.15) is 0 Å². The number of hydrogen-bond acceptors (Lipinski definition) is 5. The number of amides is 1. The number of carbonyl (C=O) groups is 1. The Labute approximate surface area is 119 Å². The van der Waals surface area contributed by atoms with E-state index in [1.165, 1.54) is 16.6 Å². The highest BCUT2D eigenvalue weighted by Gasteiger charge is 2.15. The number of nitrogens with zero attached hydrogens (tertiary/aromatic N) is 1. The topological polar surface area (TPSA) is 42.0 Å². The van der Waals surface area contributed by atoms with E-state index in [-0.39, 0.29) is 11.2 Å². The summed E-state index contributed by atoms with van der Waals surface area (Å²) >= 11 is 4.75. The second-order valence-electron chi connectivity index (χ2n) is 3.81. The predicted molar refractivity (Wildman–Crippen MR) is 78.3 cm³/mol. The molecule has 0 spiro atoms. The van der Waals surface area contributed by atoms with Gasteiger partial charge in [0.15, 0.2) is 4.34 Å². The van der Waals surface area contributed by atoms with E-state index in [9.17, 15) is 4.79 Å². The van der Waals surface area contributed by atoms with Gasteiger partial charge in [-0.3, -0.25) is 4.79 Å². The second kappa shape index (κ2) is 6.36. The Balaban J connectivity index is 1.81. The van der Waals surface area contributed by atoms with Crippen molar-refractivity contribution in [2.75, 3.05) is 0 Å². The van der Waals surface area contributed by atoms with Crippen LogP contribution in [0.4, 0.5) is 0 Å². The molecule has 2 heterocycles. The fraction of sp³-hybridized carbons (Fsp3) is 0.333. The van der Waals surface area contributed by atoms with E-state index in [1.54, 1.807) is 22.7 Å². The number of thiazole rings is 1. The standard InChI is InChI=1S/C12H14N2OS3/c1-8-7-17-12(14-8)18-9(2)11(15)13-6-10-4-3-5-16-10/h3-5,7,9H,6H2,1-2H3,(H,13,15). The van der Waals surface area contributed by atoms with E-state index in [2.05, 4.69) is 10.3 Å². The maximum Gasteiger partial charge on any atom is 0.233 e. The van der Waals surface area contributed by atoms with Gasteiger partial charge in [-0.05, 0) is 25.3 Å². The highest BCUT2D eigenvalue weighted by molar-refractivity contribution is 8.02. The van der Waals surface area contributed by atoms with Gasteiger partial charge in [0.05, 0.1) is 11.8 Å². The summed E-state index contributed by atoms with van der Waals surface area (Å²) in [5.74, 6) is 0.0567. The summed E-state index contributed by atoms with van der Waals surface area (Å²) < 4.78 is 0.950. The first-order chi connectivity index (χ1) is 8.65. The molecule has 1 atom stereocenters. The van der Waals surface area contributed by atoms with Crippen molar-refractivity contribution in [2.45, 2.75) is 30.0 Å². The number of carbonyl (C=O) groups excluding carboxylic acids is 1. The summed E-state index contributed by atoms with van der Waals surface area (Å²) in [6.07, 6.45) is 0. The van der Waals surface area contributed by atoms with Crippen LogP contribution in [-0.4, -0.2) is 16.1 Å². The number of hydrogen-bond donors (Lipinski definition) is 1. The van der Waals surface area contributed by atoms with Crippen molar-refractivity contribution in [3.8, 4) is 0 Å². The molecule has 2 aromatic rings. The van der Waals surface area contributed by atoms with Gasteiger partial charge in [-0.1, -0.05) is 17.8 Å². The fourth-order valence-electron chi connectivity index (χ4n) is 1.32. The minimum atomic E-state index is -0.115. The summed E-state index contributed by atoms with van der Waals surface area (Å²) in [6, 6.07) is 4.01. The van der Waals surface area contributed by atoms with Crippen LogP contribution in [-0.2, 0) is 11.3 Å². The first-order valence-electron chi connectivity index (χ1n) is 5.54. The SMILES string of the molecule is Cc1csc(SC(C)C(=O)NCc2cccs2)n1. The van der Waals surface area contributed by atoms with E-state index in [4.69, 9.17) is 0 Å². The first-order valence-corrected chi connectivity index (χ1v) is 8.18. The Kier molecular flexibility index (Phi) is 4.79. The Morgan fingerprint density at radius 2 is 2.39 bits per heavy atom. The summed E-state index contributed by atoms with van der Waals surface area (Å²) in [5.41, 5.74) is 1.01. The van der Waals surface area contributed by atoms with E-state index >= 15 is 0 Å². The Hall–Kier alpha value is -0.850. The van der Waals surface area contributed by atoms with Crippen molar-refractivity contribution in [2.24, 2.45) is 0 Å². The van der Waals surface area contributed by atoms with Crippen LogP contribution in [0.15, 0.2) is 27.2 Å². The van der Waals surface area contributed by atoms with Crippen LogP contribution in [0, 0.1) is 6.92 Å². The Morgan fingerprint density at radius 3 is 3.00 bits per heavy atom. The van der Waals surface area contributed by atoms with Crippen molar-refractivity contribution in [3.63, 3.8) is 0 Å². The molecule has 18 heavy (non-hydrogen) atoms. The number of rotatable bonds is 5. The molecule has 0 radical (unpaired) electrons. The zero-order valence-electron chi connectivity index (χ0n) is 10.2. The molecule has 0 aromatic carbocycles. The monoisotopic (exact) mass is 298 g/mol. The molecule has 1 N–H and O–H groups in total. The molecule has 96 valence electrons. The van der Waals surface area contributed by atoms with Gasteiger partial charge in [0.2, 0.25) is 5.91 Å². The van der Waals surface area contributed by atoms with Crippen molar-refractivity contribution < 1.29 is 4.79 Å². The second-order valence-corrected chi connectivity index (χ2v) is 7.29. The molecule has 1 amide bonds. The third kappa shape index (κ3) is 3.83. The van der Waals surface area contributed by atoms with Crippen LogP contribution < -0.4 is 5.32 Å². The predicted octanol–water partition coefficient (Wildman–Crippen LogP) is 3.31. The van der Waals surface area contributed by atoms with Gasteiger partial charge in [0.25, 0.3) is 0 Å². The summed E-state index contributed by atoms with van der Waals surface area (Å²) in [5, 5.41) is 6.83. The zero-order chi connectivity index (χ0) is 13.0. The summed E-state index contributed by atoms with van der Waals surface area (Å²) in [7, 11) is 0. The van der Waals surface area contributed by atoms with Gasteiger partial charge in [-0.15, -0.1) is 22.7 Å². The van der Waals surface area contributed by atoms with Gasteiger partial charge in [0, 0.05) is 16.0 Å². The van der Waals surface area contributed by atoms with Crippen LogP contribution in [0.25, 0.3) is 0 Å². The molecule has 1 unspecified atom stereocenters. The molecule has 0 fully saturated rings. The quantitative estimate of drug-likeness (QED) is 0.861. The number of aromatic nitrogens is 1. The molecule has 0 aliphatic rings. The van der Waals surface area contributed by atoms with E-state index in [0.29, 0.717) is 6.54 Å². The number of aryl methyl sites for hydroxylation is 1. The molecule has 2 rings (SSSR count). The van der Waals surface area contributed by atoms with Crippen molar-refractivity contribution in [3.05, 3.63) is 33.5 Å². The number of nitrogens with one attached hydrogen (secondary N) is 1. The van der Waals surface area contributed by atoms with Gasteiger partial charge in [-0.25, -0.2) is 4.98 Å². The average molecular weight is 298 g/mol. The molecule has 0 aliphatic carbocycles. The van der Waals surface area contributed by atoms with Gasteiger partial charge in [0.1, 0.15) is 0 Å². The van der Waals surface area contributed by atoms with Crippen molar-refractivity contribution >= 4 is 40.3 Å². The lowest BCUT2D eigenvalue weighted by atomic mass is 10.4. The third-order valence-electron chi connectivity index (χ3n) is 2.26. The minimum Gasteiger partial charge on any atom is -0.350 e. The first kappa shape index (κ1) is 13.6. The minimum absolute atomic E-state index is 0.0567. The lowest BCUT2D eigenvalue weighted by Gasteiger charge is -2.09. The normalized spacial score (nSPS) is 12.3. The van der Waals surface area contributed by atoms with Crippen LogP contribution in [0.1, 0.15) is 17.5 Å². The van der Waals surface area contributed by atoms with E-state index in [0.717, 1.165) is 10.0 Å². The smallest absolute Gasteiger partial charge is 0.233 e. The lowest BCUT2D eigenvalue weighted by molar-refractivity contribution is -0.120. The van der Waals surface area contributed by atoms with Crippen LogP contribution in [0.3, 0.4) is 0 Å². The lowest BCUT2D eigenvalue weighted by Crippen LogP contribution is -2.30. The molecule has 6 heteroatoms. The maximum atomic E-state index is 11.9. The molecule has 0 saturated carbocycles. The molecule has 0 bridgehead atoms. The molecular formula is C12H14N2OS3. The van der Waals surface area contributed by atoms with Crippen LogP contribution in [0.5, 0.6) is 0 Å². The largest absolute Gasteiger partial charge is 0.350 e. The number of thioether (sulfide) groups is 1. The molecule has 0 saturated heterocycles. The Morgan fingerprint density at radius 1 is 1.56 bits per heavy atom. The Bertz CT molecular complexity index is 507. The summed E-state index contributed by atoms with van der Waals surface area (Å²) in [4.78, 5) is 17.4. The molecule has 2 aromatic heterocycles. The number of thiophene rings is 1. The molecule has 0 aliphatic heterocycles. The molecule has 3 nitrogen and oxygen atoms in total. The van der Waals surface area contributed by atoms with Crippen molar-refractivity contribution in [1.82, 2.24) is 10.3 Å². The van der Waals surface area contributed by atoms with Gasteiger partial charge >= 0.3 is 0 Å². The highest BCUT2D eigenvalue weighted by Crippen LogP contribution is 2.26. The third-order valence-corrected chi connectivity index (χ3v) is 5.33. The zero-order valence-corrected chi connectivity index (χ0v) is 12.6. The fourth-order valence-corrected chi connectivity index (χ4v) is 3.98. The highest BCUT2D eigenvalue weighted by atomic mass is 32.2. The average Bonchev–Trinajstić information content (AvgIpc) is 2.97. The van der Waals surface area contributed by atoms with Crippen LogP contribution >= 0.6 is 34.4 Å². The maximum absolute atomic E-state index is 11.9. The van der Waals surface area contributed by atoms with E-state index < -0.39 is 0 Å². The summed E-state index contributed by atoms with van der Waals surface area (Å²) in [6.45, 7) is 4.48.